The third-order valence-corrected chi connectivity index (χ3v) is 3.70. The molecule has 1 aromatic rings. The number of rotatable bonds is 8. The lowest BCUT2D eigenvalue weighted by molar-refractivity contribution is -0.141. The molecular weight excluding hydrogens is 292 g/mol. The van der Waals surface area contributed by atoms with Crippen LogP contribution in [-0.4, -0.2) is 49.4 Å². The molecular formula is C14H20N2O4S. The summed E-state index contributed by atoms with van der Waals surface area (Å²) in [6.07, 6.45) is 0.450. The van der Waals surface area contributed by atoms with Crippen LogP contribution < -0.4 is 5.32 Å². The zero-order chi connectivity index (χ0) is 15.7. The molecule has 0 aliphatic carbocycles. The minimum absolute atomic E-state index is 0.0632. The first-order valence-corrected chi connectivity index (χ1v) is 7.52. The van der Waals surface area contributed by atoms with Gasteiger partial charge in [-0.05, 0) is 11.4 Å². The fourth-order valence-electron chi connectivity index (χ4n) is 1.73. The van der Waals surface area contributed by atoms with E-state index in [0.717, 1.165) is 4.88 Å². The number of carbonyl (C=O) groups excluding carboxylic acids is 3. The van der Waals surface area contributed by atoms with Gasteiger partial charge in [0.2, 0.25) is 11.8 Å². The Bertz CT molecular complexity index is 473. The Balaban J connectivity index is 2.54. The predicted octanol–water partition coefficient (Wildman–Crippen LogP) is 0.818. The molecule has 0 saturated heterocycles. The van der Waals surface area contributed by atoms with Gasteiger partial charge in [0.1, 0.15) is 0 Å². The molecule has 0 atom stereocenters. The molecule has 0 radical (unpaired) electrons. The van der Waals surface area contributed by atoms with Crippen LogP contribution in [0.1, 0.15) is 18.2 Å². The first kappa shape index (κ1) is 17.2. The third kappa shape index (κ3) is 6.89. The molecule has 1 aromatic heterocycles. The highest BCUT2D eigenvalue weighted by atomic mass is 32.1. The van der Waals surface area contributed by atoms with Crippen molar-refractivity contribution in [3.63, 3.8) is 0 Å². The van der Waals surface area contributed by atoms with Crippen LogP contribution in [0.3, 0.4) is 0 Å². The van der Waals surface area contributed by atoms with E-state index in [9.17, 15) is 14.4 Å². The van der Waals surface area contributed by atoms with Crippen molar-refractivity contribution >= 4 is 29.1 Å². The summed E-state index contributed by atoms with van der Waals surface area (Å²) in [6.45, 7) is 2.45. The number of nitrogens with one attached hydrogen (secondary N) is 1. The van der Waals surface area contributed by atoms with E-state index < -0.39 is 0 Å². The van der Waals surface area contributed by atoms with Crippen molar-refractivity contribution in [3.05, 3.63) is 22.4 Å². The molecule has 1 heterocycles. The van der Waals surface area contributed by atoms with E-state index in [0.29, 0.717) is 19.5 Å². The molecule has 0 spiro atoms. The molecule has 1 N–H and O–H groups in total. The number of hydrogen-bond donors (Lipinski definition) is 1. The van der Waals surface area contributed by atoms with Gasteiger partial charge in [-0.15, -0.1) is 11.3 Å². The van der Waals surface area contributed by atoms with Crippen molar-refractivity contribution in [2.24, 2.45) is 0 Å². The zero-order valence-electron chi connectivity index (χ0n) is 12.3. The molecule has 7 heteroatoms. The molecule has 0 aromatic carbocycles. The van der Waals surface area contributed by atoms with Crippen LogP contribution >= 0.6 is 11.3 Å². The van der Waals surface area contributed by atoms with E-state index in [1.807, 2.05) is 17.5 Å². The smallest absolute Gasteiger partial charge is 0.307 e. The van der Waals surface area contributed by atoms with Crippen LogP contribution in [0.25, 0.3) is 0 Å². The van der Waals surface area contributed by atoms with Crippen molar-refractivity contribution in [2.45, 2.75) is 19.8 Å². The van der Waals surface area contributed by atoms with E-state index >= 15 is 0 Å². The van der Waals surface area contributed by atoms with Gasteiger partial charge < -0.3 is 15.0 Å². The average molecular weight is 312 g/mol. The first-order valence-electron chi connectivity index (χ1n) is 6.64. The van der Waals surface area contributed by atoms with Gasteiger partial charge in [0.25, 0.3) is 0 Å². The van der Waals surface area contributed by atoms with E-state index in [4.69, 9.17) is 0 Å². The Kier molecular flexibility index (Phi) is 7.45. The topological polar surface area (TPSA) is 75.7 Å². The lowest BCUT2D eigenvalue weighted by atomic mass is 10.2. The number of esters is 1. The van der Waals surface area contributed by atoms with Gasteiger partial charge in [0.15, 0.2) is 0 Å². The highest BCUT2D eigenvalue weighted by Crippen LogP contribution is 2.11. The van der Waals surface area contributed by atoms with Crippen molar-refractivity contribution in [2.75, 3.05) is 26.7 Å². The molecule has 0 unspecified atom stereocenters. The monoisotopic (exact) mass is 312 g/mol. The molecule has 0 aliphatic rings. The third-order valence-electron chi connectivity index (χ3n) is 2.83. The van der Waals surface area contributed by atoms with Gasteiger partial charge in [-0.1, -0.05) is 6.07 Å². The molecule has 2 amide bonds. The van der Waals surface area contributed by atoms with Crippen molar-refractivity contribution in [1.82, 2.24) is 10.2 Å². The number of thiophene rings is 1. The Morgan fingerprint density at radius 3 is 2.67 bits per heavy atom. The number of carbonyl (C=O) groups is 3. The van der Waals surface area contributed by atoms with Crippen LogP contribution in [0.15, 0.2) is 17.5 Å². The minimum Gasteiger partial charge on any atom is -0.469 e. The average Bonchev–Trinajstić information content (AvgIpc) is 2.94. The van der Waals surface area contributed by atoms with Gasteiger partial charge in [0, 0.05) is 31.4 Å². The maximum absolute atomic E-state index is 12.3. The summed E-state index contributed by atoms with van der Waals surface area (Å²) < 4.78 is 4.58. The number of ether oxygens (including phenoxy) is 1. The van der Waals surface area contributed by atoms with Crippen LogP contribution in [0.2, 0.25) is 0 Å². The van der Waals surface area contributed by atoms with Crippen LogP contribution in [-0.2, 0) is 25.5 Å². The molecule has 0 bridgehead atoms. The van der Waals surface area contributed by atoms with Crippen LogP contribution in [0, 0.1) is 0 Å². The van der Waals surface area contributed by atoms with Crippen LogP contribution in [0.4, 0.5) is 0 Å². The standard InChI is InChI=1S/C14H20N2O4S/c1-11(17)15-6-8-16(7-5-14(19)20-2)13(18)10-12-4-3-9-21-12/h3-4,9H,5-8,10H2,1-2H3,(H,15,17). The highest BCUT2D eigenvalue weighted by Gasteiger charge is 2.16. The summed E-state index contributed by atoms with van der Waals surface area (Å²) in [4.78, 5) is 36.9. The second-order valence-corrected chi connectivity index (χ2v) is 5.48. The number of methoxy groups -OCH3 is 1. The Labute approximate surface area is 128 Å². The Morgan fingerprint density at radius 2 is 2.10 bits per heavy atom. The lowest BCUT2D eigenvalue weighted by Crippen LogP contribution is -2.40. The second-order valence-electron chi connectivity index (χ2n) is 4.45. The SMILES string of the molecule is COC(=O)CCN(CCNC(C)=O)C(=O)Cc1cccs1. The second kappa shape index (κ2) is 9.12. The summed E-state index contributed by atoms with van der Waals surface area (Å²) in [5, 5.41) is 4.56. The summed E-state index contributed by atoms with van der Waals surface area (Å²) in [5.41, 5.74) is 0. The van der Waals surface area contributed by atoms with Gasteiger partial charge >= 0.3 is 5.97 Å². The molecule has 116 valence electrons. The normalized spacial score (nSPS) is 10.0. The largest absolute Gasteiger partial charge is 0.469 e. The van der Waals surface area contributed by atoms with Gasteiger partial charge in [-0.3, -0.25) is 14.4 Å². The minimum atomic E-state index is -0.358. The maximum Gasteiger partial charge on any atom is 0.307 e. The molecule has 0 saturated carbocycles. The van der Waals surface area contributed by atoms with Gasteiger partial charge in [0.05, 0.1) is 20.0 Å². The maximum atomic E-state index is 12.3. The van der Waals surface area contributed by atoms with E-state index in [2.05, 4.69) is 10.1 Å². The van der Waals surface area contributed by atoms with Gasteiger partial charge in [-0.25, -0.2) is 0 Å². The lowest BCUT2D eigenvalue weighted by Gasteiger charge is -2.22. The molecule has 0 aliphatic heterocycles. The van der Waals surface area contributed by atoms with Crippen molar-refractivity contribution in [1.29, 1.82) is 0 Å². The van der Waals surface area contributed by atoms with Crippen molar-refractivity contribution in [3.8, 4) is 0 Å². The number of hydrogen-bond acceptors (Lipinski definition) is 5. The van der Waals surface area contributed by atoms with Crippen LogP contribution in [0.5, 0.6) is 0 Å². The Hall–Kier alpha value is -1.89. The number of nitrogens with zero attached hydrogens (tertiary/aromatic N) is 1. The molecule has 1 rings (SSSR count). The van der Waals surface area contributed by atoms with E-state index in [-0.39, 0.29) is 30.7 Å². The zero-order valence-corrected chi connectivity index (χ0v) is 13.1. The van der Waals surface area contributed by atoms with Crippen molar-refractivity contribution < 1.29 is 19.1 Å². The molecule has 6 nitrogen and oxygen atoms in total. The van der Waals surface area contributed by atoms with E-state index in [1.54, 1.807) is 4.90 Å². The fourth-order valence-corrected chi connectivity index (χ4v) is 2.43. The summed E-state index contributed by atoms with van der Waals surface area (Å²) in [6, 6.07) is 3.79. The molecule has 0 fully saturated rings. The van der Waals surface area contributed by atoms with E-state index in [1.165, 1.54) is 25.4 Å². The first-order chi connectivity index (χ1) is 10.0. The Morgan fingerprint density at radius 1 is 1.33 bits per heavy atom. The quantitative estimate of drug-likeness (QED) is 0.721. The molecule has 21 heavy (non-hydrogen) atoms. The predicted molar refractivity (Wildman–Crippen MR) is 79.9 cm³/mol. The van der Waals surface area contributed by atoms with Gasteiger partial charge in [-0.2, -0.15) is 0 Å². The fraction of sp³-hybridized carbons (Fsp3) is 0.500. The number of amides is 2. The summed E-state index contributed by atoms with van der Waals surface area (Å²) in [5.74, 6) is -0.566. The highest BCUT2D eigenvalue weighted by molar-refractivity contribution is 7.10. The summed E-state index contributed by atoms with van der Waals surface area (Å²) in [7, 11) is 1.32. The summed E-state index contributed by atoms with van der Waals surface area (Å²) >= 11 is 1.52.